The molecule has 1 aliphatic heterocycles. The molecule has 7 rings (SSSR count). The summed E-state index contributed by atoms with van der Waals surface area (Å²) in [6.07, 6.45) is 4.01. The fourth-order valence-corrected chi connectivity index (χ4v) is 9.52. The number of fused-ring (bicyclic) bond motifs is 3. The van der Waals surface area contributed by atoms with E-state index in [9.17, 15) is 0 Å². The summed E-state index contributed by atoms with van der Waals surface area (Å²) in [5.41, 5.74) is 10.8. The Morgan fingerprint density at radius 2 is 0.949 bits per heavy atom. The smallest absolute Gasteiger partial charge is 0.159 e. The molecule has 0 unspecified atom stereocenters. The van der Waals surface area contributed by atoms with E-state index in [2.05, 4.69) is 134 Å². The standard InChI is InChI=1S/C36H28N2Si/c1-39(2)34-19-10-9-16-32(34)33-18-11-17-31(35(33)39)30-23-37-36(38-24-30)29-21-27(25-12-5-3-6-13-25)20-28(22-29)26-14-7-4-8-15-26/h3-24H,1-2H3. The van der Waals surface area contributed by atoms with Gasteiger partial charge in [0.1, 0.15) is 8.07 Å². The SMILES string of the molecule is C[Si]1(C)c2ccccc2-c2cccc(-c3cnc(-c4cc(-c5ccccc5)cc(-c5ccccc5)c4)nc3)c21. The van der Waals surface area contributed by atoms with Crippen LogP contribution in [-0.4, -0.2) is 18.0 Å². The van der Waals surface area contributed by atoms with Crippen molar-refractivity contribution in [3.8, 4) is 55.9 Å². The number of hydrogen-bond acceptors (Lipinski definition) is 2. The fraction of sp³-hybridized carbons (Fsp3) is 0.0556. The predicted octanol–water partition coefficient (Wildman–Crippen LogP) is 7.95. The predicted molar refractivity (Wildman–Crippen MR) is 166 cm³/mol. The molecule has 0 fully saturated rings. The van der Waals surface area contributed by atoms with Gasteiger partial charge in [-0.3, -0.25) is 0 Å². The second kappa shape index (κ2) is 9.30. The lowest BCUT2D eigenvalue weighted by Gasteiger charge is -2.22. The summed E-state index contributed by atoms with van der Waals surface area (Å²) in [5.74, 6) is 0.737. The molecule has 2 nitrogen and oxygen atoms in total. The molecule has 5 aromatic carbocycles. The van der Waals surface area contributed by atoms with Crippen LogP contribution in [0.4, 0.5) is 0 Å². The number of aromatic nitrogens is 2. The van der Waals surface area contributed by atoms with Crippen molar-refractivity contribution in [1.29, 1.82) is 0 Å². The van der Waals surface area contributed by atoms with Gasteiger partial charge in [0.25, 0.3) is 0 Å². The molecule has 0 atom stereocenters. The zero-order valence-electron chi connectivity index (χ0n) is 22.1. The summed E-state index contributed by atoms with van der Waals surface area (Å²) >= 11 is 0. The van der Waals surface area contributed by atoms with Gasteiger partial charge in [0.15, 0.2) is 5.82 Å². The molecule has 0 saturated heterocycles. The fourth-order valence-electron chi connectivity index (χ4n) is 6.06. The van der Waals surface area contributed by atoms with E-state index in [1.54, 1.807) is 0 Å². The number of benzene rings is 5. The van der Waals surface area contributed by atoms with E-state index in [0.717, 1.165) is 28.1 Å². The Morgan fingerprint density at radius 1 is 0.436 bits per heavy atom. The zero-order valence-corrected chi connectivity index (χ0v) is 23.1. The highest BCUT2D eigenvalue weighted by atomic mass is 28.3. The Bertz CT molecular complexity index is 1750. The topological polar surface area (TPSA) is 25.8 Å². The Morgan fingerprint density at radius 3 is 1.59 bits per heavy atom. The minimum absolute atomic E-state index is 0.737. The lowest BCUT2D eigenvalue weighted by molar-refractivity contribution is 1.18. The molecule has 186 valence electrons. The van der Waals surface area contributed by atoms with E-state index in [1.807, 2.05) is 12.4 Å². The van der Waals surface area contributed by atoms with Crippen LogP contribution in [0.3, 0.4) is 0 Å². The molecular weight excluding hydrogens is 488 g/mol. The van der Waals surface area contributed by atoms with Crippen LogP contribution < -0.4 is 10.4 Å². The van der Waals surface area contributed by atoms with Gasteiger partial charge in [-0.25, -0.2) is 9.97 Å². The minimum Gasteiger partial charge on any atom is -0.236 e. The van der Waals surface area contributed by atoms with E-state index in [-0.39, 0.29) is 0 Å². The van der Waals surface area contributed by atoms with Gasteiger partial charge in [-0.2, -0.15) is 0 Å². The quantitative estimate of drug-likeness (QED) is 0.222. The van der Waals surface area contributed by atoms with E-state index >= 15 is 0 Å². The molecule has 2 heterocycles. The molecule has 0 N–H and O–H groups in total. The van der Waals surface area contributed by atoms with Gasteiger partial charge in [0.2, 0.25) is 0 Å². The van der Waals surface area contributed by atoms with Crippen LogP contribution in [0.2, 0.25) is 13.1 Å². The lowest BCUT2D eigenvalue weighted by Crippen LogP contribution is -2.50. The Labute approximate surface area is 230 Å². The average molecular weight is 517 g/mol. The second-order valence-electron chi connectivity index (χ2n) is 10.7. The highest BCUT2D eigenvalue weighted by Crippen LogP contribution is 2.34. The van der Waals surface area contributed by atoms with Gasteiger partial charge in [-0.15, -0.1) is 0 Å². The highest BCUT2D eigenvalue weighted by Gasteiger charge is 2.39. The first-order valence-electron chi connectivity index (χ1n) is 13.4. The van der Waals surface area contributed by atoms with E-state index in [1.165, 1.54) is 38.2 Å². The average Bonchev–Trinajstić information content (AvgIpc) is 3.25. The molecule has 3 heteroatoms. The molecule has 0 saturated carbocycles. The number of rotatable bonds is 4. The third kappa shape index (κ3) is 4.03. The summed E-state index contributed by atoms with van der Waals surface area (Å²) in [6, 6.07) is 43.3. The van der Waals surface area contributed by atoms with E-state index in [4.69, 9.17) is 9.97 Å². The molecule has 0 spiro atoms. The molecule has 39 heavy (non-hydrogen) atoms. The van der Waals surface area contributed by atoms with Gasteiger partial charge in [-0.05, 0) is 67.5 Å². The summed E-state index contributed by atoms with van der Waals surface area (Å²) in [4.78, 5) is 9.84. The summed E-state index contributed by atoms with van der Waals surface area (Å²) in [6.45, 7) is 4.91. The maximum Gasteiger partial charge on any atom is 0.159 e. The molecular formula is C36H28N2Si. The third-order valence-electron chi connectivity index (χ3n) is 7.95. The van der Waals surface area contributed by atoms with Gasteiger partial charge < -0.3 is 0 Å². The van der Waals surface area contributed by atoms with E-state index < -0.39 is 8.07 Å². The van der Waals surface area contributed by atoms with Gasteiger partial charge in [0, 0.05) is 23.5 Å². The largest absolute Gasteiger partial charge is 0.236 e. The normalized spacial score (nSPS) is 13.1. The number of hydrogen-bond donors (Lipinski definition) is 0. The van der Waals surface area contributed by atoms with Crippen LogP contribution >= 0.6 is 0 Å². The monoisotopic (exact) mass is 516 g/mol. The maximum atomic E-state index is 4.92. The summed E-state index contributed by atoms with van der Waals surface area (Å²) < 4.78 is 0. The highest BCUT2D eigenvalue weighted by molar-refractivity contribution is 7.04. The first kappa shape index (κ1) is 23.5. The van der Waals surface area contributed by atoms with Gasteiger partial charge in [0.05, 0.1) is 0 Å². The van der Waals surface area contributed by atoms with Crippen LogP contribution in [0.1, 0.15) is 0 Å². The lowest BCUT2D eigenvalue weighted by atomic mass is 9.96. The van der Waals surface area contributed by atoms with Crippen LogP contribution in [0, 0.1) is 0 Å². The van der Waals surface area contributed by atoms with Crippen molar-refractivity contribution in [2.75, 3.05) is 0 Å². The molecule has 0 radical (unpaired) electrons. The number of nitrogens with zero attached hydrogens (tertiary/aromatic N) is 2. The first-order valence-corrected chi connectivity index (χ1v) is 16.4. The van der Waals surface area contributed by atoms with Crippen LogP contribution in [-0.2, 0) is 0 Å². The molecule has 6 aromatic rings. The molecule has 0 bridgehead atoms. The van der Waals surface area contributed by atoms with Crippen molar-refractivity contribution >= 4 is 18.4 Å². The Kier molecular flexibility index (Phi) is 5.61. The summed E-state index contributed by atoms with van der Waals surface area (Å²) in [5, 5.41) is 3.00. The first-order chi connectivity index (χ1) is 19.1. The van der Waals surface area contributed by atoms with Crippen molar-refractivity contribution in [1.82, 2.24) is 9.97 Å². The maximum absolute atomic E-state index is 4.92. The van der Waals surface area contributed by atoms with Crippen molar-refractivity contribution < 1.29 is 0 Å². The zero-order chi connectivity index (χ0) is 26.4. The van der Waals surface area contributed by atoms with E-state index in [0.29, 0.717) is 0 Å². The van der Waals surface area contributed by atoms with Crippen LogP contribution in [0.25, 0.3) is 55.9 Å². The van der Waals surface area contributed by atoms with Crippen molar-refractivity contribution in [3.63, 3.8) is 0 Å². The molecule has 1 aromatic heterocycles. The Balaban J connectivity index is 1.32. The van der Waals surface area contributed by atoms with Crippen molar-refractivity contribution in [2.45, 2.75) is 13.1 Å². The third-order valence-corrected chi connectivity index (χ3v) is 11.5. The molecule has 0 amide bonds. The van der Waals surface area contributed by atoms with Crippen LogP contribution in [0.15, 0.2) is 134 Å². The second-order valence-corrected chi connectivity index (χ2v) is 15.0. The van der Waals surface area contributed by atoms with Crippen molar-refractivity contribution in [3.05, 3.63) is 134 Å². The van der Waals surface area contributed by atoms with Crippen molar-refractivity contribution in [2.24, 2.45) is 0 Å². The molecule has 0 aliphatic carbocycles. The van der Waals surface area contributed by atoms with Crippen LogP contribution in [0.5, 0.6) is 0 Å². The summed E-state index contributed by atoms with van der Waals surface area (Å²) in [7, 11) is -1.83. The van der Waals surface area contributed by atoms with Gasteiger partial charge in [-0.1, -0.05) is 116 Å². The van der Waals surface area contributed by atoms with Gasteiger partial charge >= 0.3 is 0 Å². The molecule has 1 aliphatic rings. The minimum atomic E-state index is -1.83. The Hall–Kier alpha value is -4.60.